The van der Waals surface area contributed by atoms with Crippen LogP contribution in [0.15, 0.2) is 17.4 Å². The number of nitrogens with one attached hydrogen (secondary N) is 1. The number of hydrogen-bond acceptors (Lipinski definition) is 2. The number of rotatable bonds is 2. The van der Waals surface area contributed by atoms with Gasteiger partial charge in [-0.3, -0.25) is 5.43 Å². The highest BCUT2D eigenvalue weighted by molar-refractivity contribution is 5.23. The average molecular weight is 126 g/mol. The third-order valence-electron chi connectivity index (χ3n) is 1.12. The Bertz CT molecular complexity index is 119. The van der Waals surface area contributed by atoms with Gasteiger partial charge in [0.15, 0.2) is 0 Å². The SMILES string of the molecule is C=NNC(=C)C(C)(C)C. The maximum absolute atomic E-state index is 3.77. The molecule has 0 atom stereocenters. The van der Waals surface area contributed by atoms with E-state index in [9.17, 15) is 0 Å². The Hall–Kier alpha value is -0.790. The van der Waals surface area contributed by atoms with E-state index in [1.807, 2.05) is 0 Å². The second-order valence-electron chi connectivity index (χ2n) is 3.00. The number of allylic oxidation sites excluding steroid dienone is 1. The van der Waals surface area contributed by atoms with Crippen molar-refractivity contribution in [2.24, 2.45) is 10.5 Å². The van der Waals surface area contributed by atoms with Crippen molar-refractivity contribution in [3.05, 3.63) is 12.3 Å². The summed E-state index contributed by atoms with van der Waals surface area (Å²) < 4.78 is 0. The minimum absolute atomic E-state index is 0.0706. The molecule has 9 heavy (non-hydrogen) atoms. The molecule has 0 aliphatic carbocycles. The van der Waals surface area contributed by atoms with Crippen molar-refractivity contribution < 1.29 is 0 Å². The Balaban J connectivity index is 3.88. The van der Waals surface area contributed by atoms with Crippen LogP contribution in [0.5, 0.6) is 0 Å². The van der Waals surface area contributed by atoms with Gasteiger partial charge in [-0.2, -0.15) is 5.10 Å². The van der Waals surface area contributed by atoms with Crippen molar-refractivity contribution in [1.29, 1.82) is 0 Å². The summed E-state index contributed by atoms with van der Waals surface area (Å²) in [6.07, 6.45) is 0. The Morgan fingerprint density at radius 3 is 2.00 bits per heavy atom. The molecule has 0 aliphatic heterocycles. The Morgan fingerprint density at radius 2 is 1.89 bits per heavy atom. The largest absolute Gasteiger partial charge is 0.283 e. The van der Waals surface area contributed by atoms with Crippen molar-refractivity contribution in [2.75, 3.05) is 0 Å². The lowest BCUT2D eigenvalue weighted by molar-refractivity contribution is 0.468. The van der Waals surface area contributed by atoms with Gasteiger partial charge in [-0.25, -0.2) is 0 Å². The molecule has 52 valence electrons. The number of nitrogens with zero attached hydrogens (tertiary/aromatic N) is 1. The minimum atomic E-state index is 0.0706. The van der Waals surface area contributed by atoms with Gasteiger partial charge in [0.25, 0.3) is 0 Å². The molecule has 2 heteroatoms. The number of hydrogen-bond donors (Lipinski definition) is 1. The van der Waals surface area contributed by atoms with E-state index >= 15 is 0 Å². The van der Waals surface area contributed by atoms with Gasteiger partial charge in [0.2, 0.25) is 0 Å². The zero-order valence-electron chi connectivity index (χ0n) is 6.36. The second-order valence-corrected chi connectivity index (χ2v) is 3.00. The highest BCUT2D eigenvalue weighted by Gasteiger charge is 2.13. The summed E-state index contributed by atoms with van der Waals surface area (Å²) in [5.41, 5.74) is 3.66. The van der Waals surface area contributed by atoms with Crippen LogP contribution >= 0.6 is 0 Å². The van der Waals surface area contributed by atoms with Gasteiger partial charge < -0.3 is 0 Å². The predicted molar refractivity (Wildman–Crippen MR) is 41.3 cm³/mol. The molecule has 0 aliphatic rings. The molecular weight excluding hydrogens is 112 g/mol. The van der Waals surface area contributed by atoms with Gasteiger partial charge in [-0.15, -0.1) is 0 Å². The third-order valence-corrected chi connectivity index (χ3v) is 1.12. The summed E-state index contributed by atoms with van der Waals surface area (Å²) in [5, 5.41) is 3.50. The molecule has 2 nitrogen and oxygen atoms in total. The van der Waals surface area contributed by atoms with E-state index in [0.717, 1.165) is 5.70 Å². The Morgan fingerprint density at radius 1 is 1.44 bits per heavy atom. The van der Waals surface area contributed by atoms with Gasteiger partial charge in [0, 0.05) is 17.8 Å². The number of hydrazone groups is 1. The van der Waals surface area contributed by atoms with Crippen molar-refractivity contribution in [3.8, 4) is 0 Å². The molecule has 0 heterocycles. The summed E-state index contributed by atoms with van der Waals surface area (Å²) in [5.74, 6) is 0. The van der Waals surface area contributed by atoms with Gasteiger partial charge in [-0.05, 0) is 0 Å². The van der Waals surface area contributed by atoms with Crippen molar-refractivity contribution in [1.82, 2.24) is 5.43 Å². The first-order chi connectivity index (χ1) is 3.98. The molecular formula is C7H14N2. The maximum Gasteiger partial charge on any atom is 0.0317 e. The van der Waals surface area contributed by atoms with E-state index in [1.54, 1.807) is 0 Å². The van der Waals surface area contributed by atoms with E-state index < -0.39 is 0 Å². The van der Waals surface area contributed by atoms with Crippen LogP contribution in [-0.4, -0.2) is 6.72 Å². The molecule has 0 unspecified atom stereocenters. The monoisotopic (exact) mass is 126 g/mol. The molecule has 0 radical (unpaired) electrons. The average Bonchev–Trinajstić information content (AvgIpc) is 1.64. The van der Waals surface area contributed by atoms with E-state index in [4.69, 9.17) is 0 Å². The molecule has 0 rings (SSSR count). The molecule has 0 saturated carbocycles. The lowest BCUT2D eigenvalue weighted by atomic mass is 9.93. The highest BCUT2D eigenvalue weighted by atomic mass is 15.3. The summed E-state index contributed by atoms with van der Waals surface area (Å²) in [4.78, 5) is 0. The summed E-state index contributed by atoms with van der Waals surface area (Å²) in [7, 11) is 0. The standard InChI is InChI=1S/C7H14N2/c1-6(9-8-5)7(2,3)4/h9H,1,5H2,2-4H3. The first kappa shape index (κ1) is 8.21. The van der Waals surface area contributed by atoms with E-state index in [2.05, 4.69) is 44.6 Å². The molecule has 0 amide bonds. The summed E-state index contributed by atoms with van der Waals surface area (Å²) in [6.45, 7) is 13.3. The van der Waals surface area contributed by atoms with Gasteiger partial charge >= 0.3 is 0 Å². The van der Waals surface area contributed by atoms with Gasteiger partial charge in [0.1, 0.15) is 0 Å². The van der Waals surface area contributed by atoms with Gasteiger partial charge in [0.05, 0.1) is 0 Å². The topological polar surface area (TPSA) is 24.4 Å². The van der Waals surface area contributed by atoms with Crippen molar-refractivity contribution in [3.63, 3.8) is 0 Å². The third kappa shape index (κ3) is 2.90. The Kier molecular flexibility index (Phi) is 2.43. The van der Waals surface area contributed by atoms with Crippen LogP contribution in [-0.2, 0) is 0 Å². The maximum atomic E-state index is 3.77. The zero-order valence-corrected chi connectivity index (χ0v) is 6.36. The summed E-state index contributed by atoms with van der Waals surface area (Å²) >= 11 is 0. The molecule has 0 spiro atoms. The fourth-order valence-electron chi connectivity index (χ4n) is 0.263. The van der Waals surface area contributed by atoms with Gasteiger partial charge in [-0.1, -0.05) is 27.4 Å². The molecule has 0 saturated heterocycles. The van der Waals surface area contributed by atoms with Crippen LogP contribution in [0.1, 0.15) is 20.8 Å². The van der Waals surface area contributed by atoms with E-state index in [0.29, 0.717) is 0 Å². The molecule has 0 aromatic rings. The Labute approximate surface area is 56.7 Å². The molecule has 0 bridgehead atoms. The first-order valence-electron chi connectivity index (χ1n) is 2.89. The van der Waals surface area contributed by atoms with Crippen LogP contribution in [0, 0.1) is 5.41 Å². The van der Waals surface area contributed by atoms with Crippen molar-refractivity contribution >= 4 is 6.72 Å². The fraction of sp³-hybridized carbons (Fsp3) is 0.571. The van der Waals surface area contributed by atoms with Crippen LogP contribution < -0.4 is 5.43 Å². The fourth-order valence-corrected chi connectivity index (χ4v) is 0.263. The first-order valence-corrected chi connectivity index (χ1v) is 2.89. The van der Waals surface area contributed by atoms with E-state index in [1.165, 1.54) is 0 Å². The molecule has 0 fully saturated rings. The van der Waals surface area contributed by atoms with Crippen LogP contribution in [0.4, 0.5) is 0 Å². The second kappa shape index (κ2) is 2.67. The van der Waals surface area contributed by atoms with Crippen LogP contribution in [0.25, 0.3) is 0 Å². The zero-order chi connectivity index (χ0) is 7.49. The lowest BCUT2D eigenvalue weighted by Crippen LogP contribution is -2.18. The van der Waals surface area contributed by atoms with Crippen LogP contribution in [0.3, 0.4) is 0 Å². The molecule has 0 aromatic heterocycles. The summed E-state index contributed by atoms with van der Waals surface area (Å²) in [6, 6.07) is 0. The van der Waals surface area contributed by atoms with E-state index in [-0.39, 0.29) is 5.41 Å². The van der Waals surface area contributed by atoms with Crippen LogP contribution in [0.2, 0.25) is 0 Å². The van der Waals surface area contributed by atoms with Crippen molar-refractivity contribution in [2.45, 2.75) is 20.8 Å². The normalized spacial score (nSPS) is 10.6. The minimum Gasteiger partial charge on any atom is -0.283 e. The smallest absolute Gasteiger partial charge is 0.0317 e. The lowest BCUT2D eigenvalue weighted by Gasteiger charge is -2.20. The quantitative estimate of drug-likeness (QED) is 0.442. The predicted octanol–water partition coefficient (Wildman–Crippen LogP) is 1.75. The molecule has 0 aromatic carbocycles. The highest BCUT2D eigenvalue weighted by Crippen LogP contribution is 2.20. The molecule has 1 N–H and O–H groups in total.